The molecule has 21 heavy (non-hydrogen) atoms. The van der Waals surface area contributed by atoms with E-state index in [1.807, 2.05) is 0 Å². The molecule has 1 saturated carbocycles. The third-order valence-electron chi connectivity index (χ3n) is 3.41. The third-order valence-corrected chi connectivity index (χ3v) is 3.41. The monoisotopic (exact) mass is 292 g/mol. The van der Waals surface area contributed by atoms with Crippen molar-refractivity contribution in [3.63, 3.8) is 0 Å². The second kappa shape index (κ2) is 7.21. The first-order valence-corrected chi connectivity index (χ1v) is 7.46. The Hall–Kier alpha value is -1.89. The largest absolute Gasteiger partial charge is 0.370 e. The van der Waals surface area contributed by atoms with Gasteiger partial charge in [-0.3, -0.25) is 4.79 Å². The minimum Gasteiger partial charge on any atom is -0.370 e. The summed E-state index contributed by atoms with van der Waals surface area (Å²) in [5.41, 5.74) is 3.56. The zero-order chi connectivity index (χ0) is 15.2. The Bertz CT molecular complexity index is 486. The van der Waals surface area contributed by atoms with Gasteiger partial charge in [0.1, 0.15) is 18.0 Å². The highest BCUT2D eigenvalue weighted by Gasteiger charge is 2.22. The molecule has 0 atom stereocenters. The molecule has 1 heterocycles. The first-order valence-electron chi connectivity index (χ1n) is 7.46. The SMILES string of the molecule is CC(C)c1c(NN)ncnc1NCCCC(=O)NC1CC1. The number of rotatable bonds is 8. The lowest BCUT2D eigenvalue weighted by Crippen LogP contribution is -2.25. The average Bonchev–Trinajstić information content (AvgIpc) is 3.26. The summed E-state index contributed by atoms with van der Waals surface area (Å²) in [4.78, 5) is 20.0. The number of nitrogens with two attached hydrogens (primary N) is 1. The van der Waals surface area contributed by atoms with E-state index in [4.69, 9.17) is 5.84 Å². The Balaban J connectivity index is 1.83. The molecule has 0 aliphatic heterocycles. The molecule has 7 nitrogen and oxygen atoms in total. The summed E-state index contributed by atoms with van der Waals surface area (Å²) in [6.45, 7) is 4.82. The summed E-state index contributed by atoms with van der Waals surface area (Å²) < 4.78 is 0. The fraction of sp³-hybridized carbons (Fsp3) is 0.643. The maximum Gasteiger partial charge on any atom is 0.220 e. The lowest BCUT2D eigenvalue weighted by molar-refractivity contribution is -0.121. The van der Waals surface area contributed by atoms with Crippen LogP contribution in [0.4, 0.5) is 11.6 Å². The fourth-order valence-corrected chi connectivity index (χ4v) is 2.18. The molecule has 0 unspecified atom stereocenters. The molecule has 0 saturated heterocycles. The molecule has 2 rings (SSSR count). The highest BCUT2D eigenvalue weighted by molar-refractivity contribution is 5.76. The molecule has 0 bridgehead atoms. The van der Waals surface area contributed by atoms with Crippen molar-refractivity contribution in [1.29, 1.82) is 0 Å². The second-order valence-corrected chi connectivity index (χ2v) is 5.66. The van der Waals surface area contributed by atoms with Gasteiger partial charge in [-0.05, 0) is 25.2 Å². The van der Waals surface area contributed by atoms with Crippen molar-refractivity contribution in [3.05, 3.63) is 11.9 Å². The summed E-state index contributed by atoms with van der Waals surface area (Å²) in [6.07, 6.45) is 5.03. The zero-order valence-electron chi connectivity index (χ0n) is 12.6. The normalized spacial score (nSPS) is 14.1. The van der Waals surface area contributed by atoms with E-state index in [-0.39, 0.29) is 11.8 Å². The average molecular weight is 292 g/mol. The van der Waals surface area contributed by atoms with Gasteiger partial charge in [0.25, 0.3) is 0 Å². The molecule has 1 amide bonds. The maximum atomic E-state index is 11.6. The van der Waals surface area contributed by atoms with Crippen LogP contribution in [0.3, 0.4) is 0 Å². The smallest absolute Gasteiger partial charge is 0.220 e. The van der Waals surface area contributed by atoms with Crippen LogP contribution in [0.5, 0.6) is 0 Å². The van der Waals surface area contributed by atoms with E-state index in [1.54, 1.807) is 0 Å². The topological polar surface area (TPSA) is 105 Å². The Morgan fingerprint density at radius 1 is 1.38 bits per heavy atom. The van der Waals surface area contributed by atoms with Crippen LogP contribution in [-0.2, 0) is 4.79 Å². The molecule has 0 radical (unpaired) electrons. The number of hydrogen-bond donors (Lipinski definition) is 4. The summed E-state index contributed by atoms with van der Waals surface area (Å²) in [7, 11) is 0. The molecule has 1 aliphatic rings. The van der Waals surface area contributed by atoms with Crippen LogP contribution in [0.1, 0.15) is 51.0 Å². The number of hydrazine groups is 1. The van der Waals surface area contributed by atoms with E-state index in [0.717, 1.165) is 30.6 Å². The van der Waals surface area contributed by atoms with E-state index in [2.05, 4.69) is 39.9 Å². The molecule has 7 heteroatoms. The van der Waals surface area contributed by atoms with Gasteiger partial charge in [-0.15, -0.1) is 0 Å². The number of hydrogen-bond acceptors (Lipinski definition) is 6. The molecular formula is C14H24N6O. The van der Waals surface area contributed by atoms with Gasteiger partial charge in [-0.25, -0.2) is 15.8 Å². The predicted octanol–water partition coefficient (Wildman–Crippen LogP) is 1.36. The molecule has 0 spiro atoms. The Kier molecular flexibility index (Phi) is 5.32. The quantitative estimate of drug-likeness (QED) is 0.327. The highest BCUT2D eigenvalue weighted by Crippen LogP contribution is 2.27. The molecular weight excluding hydrogens is 268 g/mol. The first-order chi connectivity index (χ1) is 10.1. The Morgan fingerprint density at radius 2 is 2.10 bits per heavy atom. The van der Waals surface area contributed by atoms with Crippen LogP contribution < -0.4 is 21.9 Å². The molecule has 0 aromatic carbocycles. The van der Waals surface area contributed by atoms with E-state index in [1.165, 1.54) is 6.33 Å². The van der Waals surface area contributed by atoms with Crippen molar-refractivity contribution >= 4 is 17.5 Å². The summed E-state index contributed by atoms with van der Waals surface area (Å²) in [5, 5.41) is 6.25. The van der Waals surface area contributed by atoms with Crippen molar-refractivity contribution < 1.29 is 4.79 Å². The van der Waals surface area contributed by atoms with Gasteiger partial charge >= 0.3 is 0 Å². The Morgan fingerprint density at radius 3 is 2.71 bits per heavy atom. The number of carbonyl (C=O) groups excluding carboxylic acids is 1. The van der Waals surface area contributed by atoms with Crippen molar-refractivity contribution in [1.82, 2.24) is 15.3 Å². The van der Waals surface area contributed by atoms with Gasteiger partial charge in [0.05, 0.1) is 0 Å². The van der Waals surface area contributed by atoms with Crippen molar-refractivity contribution in [2.75, 3.05) is 17.3 Å². The number of amides is 1. The van der Waals surface area contributed by atoms with E-state index < -0.39 is 0 Å². The minimum atomic E-state index is 0.135. The predicted molar refractivity (Wildman–Crippen MR) is 82.8 cm³/mol. The number of carbonyl (C=O) groups is 1. The van der Waals surface area contributed by atoms with Crippen molar-refractivity contribution in [3.8, 4) is 0 Å². The molecule has 1 aromatic heterocycles. The zero-order valence-corrected chi connectivity index (χ0v) is 12.6. The van der Waals surface area contributed by atoms with Gasteiger partial charge < -0.3 is 16.1 Å². The number of anilines is 2. The van der Waals surface area contributed by atoms with Gasteiger partial charge in [0.15, 0.2) is 0 Å². The standard InChI is InChI=1S/C14H24N6O/c1-9(2)12-13(17-8-18-14(12)20-15)16-7-3-4-11(21)19-10-5-6-10/h8-10H,3-7,15H2,1-2H3,(H,19,21)(H2,16,17,18,20). The summed E-state index contributed by atoms with van der Waals surface area (Å²) in [6, 6.07) is 0.429. The lowest BCUT2D eigenvalue weighted by atomic mass is 10.0. The van der Waals surface area contributed by atoms with Gasteiger partial charge in [0.2, 0.25) is 5.91 Å². The van der Waals surface area contributed by atoms with Crippen LogP contribution in [0, 0.1) is 0 Å². The van der Waals surface area contributed by atoms with Crippen LogP contribution in [0.2, 0.25) is 0 Å². The highest BCUT2D eigenvalue weighted by atomic mass is 16.1. The second-order valence-electron chi connectivity index (χ2n) is 5.66. The van der Waals surface area contributed by atoms with Crippen molar-refractivity contribution in [2.24, 2.45) is 5.84 Å². The molecule has 5 N–H and O–H groups in total. The number of nitrogens with one attached hydrogen (secondary N) is 3. The minimum absolute atomic E-state index is 0.135. The van der Waals surface area contributed by atoms with E-state index >= 15 is 0 Å². The van der Waals surface area contributed by atoms with Gasteiger partial charge in [-0.1, -0.05) is 13.8 Å². The van der Waals surface area contributed by atoms with Crippen LogP contribution in [0.15, 0.2) is 6.33 Å². The van der Waals surface area contributed by atoms with Crippen LogP contribution >= 0.6 is 0 Å². The molecule has 1 aliphatic carbocycles. The van der Waals surface area contributed by atoms with E-state index in [0.29, 0.717) is 24.8 Å². The van der Waals surface area contributed by atoms with Crippen LogP contribution in [-0.4, -0.2) is 28.5 Å². The molecule has 1 fully saturated rings. The first kappa shape index (κ1) is 15.5. The molecule has 1 aromatic rings. The van der Waals surface area contributed by atoms with Gasteiger partial charge in [-0.2, -0.15) is 0 Å². The van der Waals surface area contributed by atoms with E-state index in [9.17, 15) is 4.79 Å². The summed E-state index contributed by atoms with van der Waals surface area (Å²) in [5.74, 6) is 7.27. The summed E-state index contributed by atoms with van der Waals surface area (Å²) >= 11 is 0. The maximum absolute atomic E-state index is 11.6. The number of aromatic nitrogens is 2. The number of nitrogen functional groups attached to an aromatic ring is 1. The van der Waals surface area contributed by atoms with Gasteiger partial charge in [0, 0.05) is 24.6 Å². The van der Waals surface area contributed by atoms with Crippen molar-refractivity contribution in [2.45, 2.75) is 51.5 Å². The third kappa shape index (κ3) is 4.56. The Labute approximate surface area is 125 Å². The molecule has 116 valence electrons. The lowest BCUT2D eigenvalue weighted by Gasteiger charge is -2.16. The number of nitrogens with zero attached hydrogens (tertiary/aromatic N) is 2. The van der Waals surface area contributed by atoms with Crippen LogP contribution in [0.25, 0.3) is 0 Å². The fourth-order valence-electron chi connectivity index (χ4n) is 2.18.